The van der Waals surface area contributed by atoms with Crippen molar-refractivity contribution in [2.45, 2.75) is 18.7 Å². The van der Waals surface area contributed by atoms with Crippen molar-refractivity contribution in [3.63, 3.8) is 0 Å². The second kappa shape index (κ2) is 4.99. The zero-order chi connectivity index (χ0) is 9.84. The third-order valence-corrected chi connectivity index (χ3v) is 3.60. The van der Waals surface area contributed by atoms with Gasteiger partial charge in [0.2, 0.25) is 0 Å². The van der Waals surface area contributed by atoms with E-state index >= 15 is 0 Å². The van der Waals surface area contributed by atoms with Crippen LogP contribution >= 0.6 is 22.9 Å². The molecule has 0 radical (unpaired) electrons. The molecule has 1 aromatic rings. The summed E-state index contributed by atoms with van der Waals surface area (Å²) < 4.78 is 0. The zero-order valence-electron chi connectivity index (χ0n) is 8.38. The van der Waals surface area contributed by atoms with Crippen LogP contribution in [0.15, 0.2) is 12.1 Å². The van der Waals surface area contributed by atoms with Gasteiger partial charge in [-0.1, -0.05) is 0 Å². The van der Waals surface area contributed by atoms with Gasteiger partial charge in [0.05, 0.1) is 5.38 Å². The van der Waals surface area contributed by atoms with Gasteiger partial charge in [-0.25, -0.2) is 0 Å². The molecule has 0 aliphatic heterocycles. The topological polar surface area (TPSA) is 3.24 Å². The van der Waals surface area contributed by atoms with E-state index in [9.17, 15) is 0 Å². The van der Waals surface area contributed by atoms with Gasteiger partial charge in [-0.2, -0.15) is 0 Å². The molecule has 0 aliphatic rings. The Morgan fingerprint density at radius 2 is 2.15 bits per heavy atom. The second-order valence-electron chi connectivity index (χ2n) is 3.51. The summed E-state index contributed by atoms with van der Waals surface area (Å²) in [5.74, 6) is 0. The average Bonchev–Trinajstić information content (AvgIpc) is 2.47. The summed E-state index contributed by atoms with van der Waals surface area (Å²) in [6.45, 7) is 3.16. The van der Waals surface area contributed by atoms with E-state index in [0.29, 0.717) is 0 Å². The Morgan fingerprint density at radius 1 is 1.46 bits per heavy atom. The smallest absolute Gasteiger partial charge is 0.0690 e. The number of hydrogen-bond acceptors (Lipinski definition) is 2. The Kier molecular flexibility index (Phi) is 4.23. The molecule has 0 spiro atoms. The Hall–Kier alpha value is -0.0500. The van der Waals surface area contributed by atoms with Crippen LogP contribution in [0, 0.1) is 6.92 Å². The normalized spacial score (nSPS) is 13.6. The largest absolute Gasteiger partial charge is 0.309 e. The fraction of sp³-hybridized carbons (Fsp3) is 0.600. The second-order valence-corrected chi connectivity index (χ2v) is 5.35. The van der Waals surface area contributed by atoms with E-state index in [1.54, 1.807) is 11.3 Å². The van der Waals surface area contributed by atoms with E-state index in [1.165, 1.54) is 9.75 Å². The monoisotopic (exact) mass is 217 g/mol. The predicted octanol–water partition coefficient (Wildman–Crippen LogP) is 3.29. The maximum absolute atomic E-state index is 6.25. The van der Waals surface area contributed by atoms with Crippen LogP contribution in [0.2, 0.25) is 0 Å². The predicted molar refractivity (Wildman–Crippen MR) is 60.8 cm³/mol. The molecule has 1 rings (SSSR count). The van der Waals surface area contributed by atoms with Gasteiger partial charge in [0, 0.05) is 9.75 Å². The number of halogens is 1. The number of rotatable bonds is 4. The van der Waals surface area contributed by atoms with Crippen LogP contribution in [0.4, 0.5) is 0 Å². The van der Waals surface area contributed by atoms with E-state index in [1.807, 2.05) is 0 Å². The van der Waals surface area contributed by atoms with Crippen molar-refractivity contribution in [3.8, 4) is 0 Å². The van der Waals surface area contributed by atoms with Crippen LogP contribution in [0.3, 0.4) is 0 Å². The minimum Gasteiger partial charge on any atom is -0.309 e. The van der Waals surface area contributed by atoms with Gasteiger partial charge >= 0.3 is 0 Å². The van der Waals surface area contributed by atoms with Crippen molar-refractivity contribution in [1.82, 2.24) is 4.90 Å². The quantitative estimate of drug-likeness (QED) is 0.700. The molecule has 0 N–H and O–H groups in total. The first kappa shape index (κ1) is 11.0. The van der Waals surface area contributed by atoms with Crippen molar-refractivity contribution in [3.05, 3.63) is 21.9 Å². The summed E-state index contributed by atoms with van der Waals surface area (Å²) >= 11 is 8.04. The summed E-state index contributed by atoms with van der Waals surface area (Å²) in [7, 11) is 4.15. The molecule has 0 bridgehead atoms. The van der Waals surface area contributed by atoms with Crippen molar-refractivity contribution in [2.24, 2.45) is 0 Å². The van der Waals surface area contributed by atoms with Crippen molar-refractivity contribution in [1.29, 1.82) is 0 Å². The van der Waals surface area contributed by atoms with Gasteiger partial charge in [-0.05, 0) is 46.1 Å². The van der Waals surface area contributed by atoms with E-state index < -0.39 is 0 Å². The summed E-state index contributed by atoms with van der Waals surface area (Å²) in [6, 6.07) is 4.26. The fourth-order valence-corrected chi connectivity index (χ4v) is 2.33. The van der Waals surface area contributed by atoms with Gasteiger partial charge < -0.3 is 4.90 Å². The lowest BCUT2D eigenvalue weighted by molar-refractivity contribution is 0.398. The number of thiophene rings is 1. The third kappa shape index (κ3) is 3.67. The number of nitrogens with zero attached hydrogens (tertiary/aromatic N) is 1. The lowest BCUT2D eigenvalue weighted by Gasteiger charge is -2.12. The van der Waals surface area contributed by atoms with Crippen LogP contribution in [0.25, 0.3) is 0 Å². The van der Waals surface area contributed by atoms with Crippen molar-refractivity contribution in [2.75, 3.05) is 20.6 Å². The highest BCUT2D eigenvalue weighted by Gasteiger charge is 2.09. The molecule has 1 aromatic heterocycles. The van der Waals surface area contributed by atoms with Gasteiger partial charge in [-0.15, -0.1) is 22.9 Å². The molecule has 1 nitrogen and oxygen atoms in total. The Labute approximate surface area is 89.3 Å². The van der Waals surface area contributed by atoms with Crippen molar-refractivity contribution < 1.29 is 0 Å². The molecule has 0 aliphatic carbocycles. The lowest BCUT2D eigenvalue weighted by atomic mass is 10.2. The van der Waals surface area contributed by atoms with E-state index in [4.69, 9.17) is 11.6 Å². The highest BCUT2D eigenvalue weighted by Crippen LogP contribution is 2.30. The summed E-state index contributed by atoms with van der Waals surface area (Å²) in [5, 5.41) is 0.182. The fourth-order valence-electron chi connectivity index (χ4n) is 1.14. The van der Waals surface area contributed by atoms with Crippen LogP contribution in [0.1, 0.15) is 21.6 Å². The number of alkyl halides is 1. The van der Waals surface area contributed by atoms with E-state index in [0.717, 1.165) is 13.0 Å². The molecule has 1 atom stereocenters. The maximum atomic E-state index is 6.25. The Balaban J connectivity index is 2.44. The molecule has 13 heavy (non-hydrogen) atoms. The minimum atomic E-state index is 0.182. The first-order chi connectivity index (χ1) is 6.09. The zero-order valence-corrected chi connectivity index (χ0v) is 9.95. The van der Waals surface area contributed by atoms with Crippen LogP contribution in [-0.2, 0) is 0 Å². The molecule has 1 heterocycles. The molecule has 0 amide bonds. The lowest BCUT2D eigenvalue weighted by Crippen LogP contribution is -2.14. The molecular formula is C10H16ClNS. The summed E-state index contributed by atoms with van der Waals surface area (Å²) in [6.07, 6.45) is 1.02. The molecule has 0 saturated carbocycles. The maximum Gasteiger partial charge on any atom is 0.0690 e. The Morgan fingerprint density at radius 3 is 2.62 bits per heavy atom. The average molecular weight is 218 g/mol. The van der Waals surface area contributed by atoms with Gasteiger partial charge in [0.25, 0.3) is 0 Å². The van der Waals surface area contributed by atoms with Crippen molar-refractivity contribution >= 4 is 22.9 Å². The molecule has 74 valence electrons. The molecule has 3 heteroatoms. The van der Waals surface area contributed by atoms with Gasteiger partial charge in [0.15, 0.2) is 0 Å². The summed E-state index contributed by atoms with van der Waals surface area (Å²) in [5.41, 5.74) is 0. The van der Waals surface area contributed by atoms with E-state index in [-0.39, 0.29) is 5.38 Å². The summed E-state index contributed by atoms with van der Waals surface area (Å²) in [4.78, 5) is 4.79. The highest BCUT2D eigenvalue weighted by molar-refractivity contribution is 7.12. The first-order valence-corrected chi connectivity index (χ1v) is 5.70. The molecular weight excluding hydrogens is 202 g/mol. The van der Waals surface area contributed by atoms with Gasteiger partial charge in [-0.3, -0.25) is 0 Å². The molecule has 0 aromatic carbocycles. The third-order valence-electron chi connectivity index (χ3n) is 1.90. The highest BCUT2D eigenvalue weighted by atomic mass is 35.5. The van der Waals surface area contributed by atoms with Crippen LogP contribution in [0.5, 0.6) is 0 Å². The number of aryl methyl sites for hydroxylation is 1. The number of hydrogen-bond donors (Lipinski definition) is 0. The van der Waals surface area contributed by atoms with Gasteiger partial charge in [0.1, 0.15) is 0 Å². The first-order valence-electron chi connectivity index (χ1n) is 4.44. The minimum absolute atomic E-state index is 0.182. The van der Waals surface area contributed by atoms with E-state index in [2.05, 4.69) is 38.1 Å². The van der Waals surface area contributed by atoms with Crippen LogP contribution in [-0.4, -0.2) is 25.5 Å². The standard InChI is InChI=1S/C10H16ClNS/c1-8-4-5-10(13-8)9(11)6-7-12(2)3/h4-5,9H,6-7H2,1-3H3. The Bertz CT molecular complexity index is 257. The van der Waals surface area contributed by atoms with Crippen LogP contribution < -0.4 is 0 Å². The molecule has 0 fully saturated rings. The molecule has 1 unspecified atom stereocenters. The molecule has 0 saturated heterocycles. The SMILES string of the molecule is Cc1ccc(C(Cl)CCN(C)C)s1.